The summed E-state index contributed by atoms with van der Waals surface area (Å²) in [5, 5.41) is 10.1. The zero-order valence-electron chi connectivity index (χ0n) is 14.2. The number of likely N-dealkylation sites (tertiary alicyclic amines) is 1. The first kappa shape index (κ1) is 17.9. The lowest BCUT2D eigenvalue weighted by atomic mass is 10.0. The smallest absolute Gasteiger partial charge is 0.392 e. The molecule has 25 heavy (non-hydrogen) atoms. The minimum atomic E-state index is -4.37. The Morgan fingerprint density at radius 3 is 2.76 bits per heavy atom. The fourth-order valence-corrected chi connectivity index (χ4v) is 3.44. The van der Waals surface area contributed by atoms with Gasteiger partial charge in [0.25, 0.3) is 0 Å². The summed E-state index contributed by atoms with van der Waals surface area (Å²) in [5.74, 6) is 0.848. The monoisotopic (exact) mass is 353 g/mol. The van der Waals surface area contributed by atoms with Gasteiger partial charge < -0.3 is 9.67 Å². The Morgan fingerprint density at radius 2 is 2.08 bits per heavy atom. The molecule has 0 bridgehead atoms. The van der Waals surface area contributed by atoms with E-state index in [-0.39, 0.29) is 12.1 Å². The first-order valence-corrected chi connectivity index (χ1v) is 8.36. The lowest BCUT2D eigenvalue weighted by Crippen LogP contribution is -2.26. The van der Waals surface area contributed by atoms with E-state index >= 15 is 0 Å². The molecule has 3 rings (SSSR count). The molecule has 0 amide bonds. The molecule has 1 N–H and O–H groups in total. The zero-order chi connectivity index (χ0) is 18.2. The van der Waals surface area contributed by atoms with Crippen LogP contribution < -0.4 is 0 Å². The summed E-state index contributed by atoms with van der Waals surface area (Å²) in [4.78, 5) is 6.37. The van der Waals surface area contributed by atoms with Gasteiger partial charge in [0.2, 0.25) is 0 Å². The van der Waals surface area contributed by atoms with Gasteiger partial charge in [-0.1, -0.05) is 12.1 Å². The van der Waals surface area contributed by atoms with Crippen LogP contribution in [0.5, 0.6) is 0 Å². The van der Waals surface area contributed by atoms with Gasteiger partial charge in [-0.3, -0.25) is 4.90 Å². The molecule has 2 aromatic rings. The van der Waals surface area contributed by atoms with E-state index in [1.165, 1.54) is 12.1 Å². The molecule has 1 fully saturated rings. The average Bonchev–Trinajstić information content (AvgIpc) is 3.13. The number of benzene rings is 1. The first-order chi connectivity index (χ1) is 11.8. The second-order valence-electron chi connectivity index (χ2n) is 6.80. The Morgan fingerprint density at radius 1 is 1.32 bits per heavy atom. The van der Waals surface area contributed by atoms with Gasteiger partial charge in [0, 0.05) is 31.0 Å². The minimum Gasteiger partial charge on any atom is -0.392 e. The summed E-state index contributed by atoms with van der Waals surface area (Å²) in [7, 11) is 0. The maximum absolute atomic E-state index is 13.0. The predicted molar refractivity (Wildman–Crippen MR) is 87.8 cm³/mol. The summed E-state index contributed by atoms with van der Waals surface area (Å²) in [6.45, 7) is 5.01. The van der Waals surface area contributed by atoms with E-state index in [2.05, 4.69) is 4.98 Å². The lowest BCUT2D eigenvalue weighted by Gasteiger charge is -2.25. The van der Waals surface area contributed by atoms with E-state index in [0.29, 0.717) is 25.1 Å². The van der Waals surface area contributed by atoms with Gasteiger partial charge >= 0.3 is 6.18 Å². The van der Waals surface area contributed by atoms with Gasteiger partial charge in [0.15, 0.2) is 0 Å². The Kier molecular flexibility index (Phi) is 4.88. The topological polar surface area (TPSA) is 41.3 Å². The fraction of sp³-hybridized carbons (Fsp3) is 0.500. The third-order valence-corrected chi connectivity index (χ3v) is 4.63. The number of hydrogen-bond donors (Lipinski definition) is 1. The van der Waals surface area contributed by atoms with Crippen LogP contribution in [0.4, 0.5) is 13.2 Å². The summed E-state index contributed by atoms with van der Waals surface area (Å²) in [6, 6.07) is 5.37. The predicted octanol–water partition coefficient (Wildman–Crippen LogP) is 3.79. The number of alkyl halides is 3. The van der Waals surface area contributed by atoms with Gasteiger partial charge in [-0.25, -0.2) is 4.98 Å². The highest BCUT2D eigenvalue weighted by atomic mass is 19.4. The zero-order valence-corrected chi connectivity index (χ0v) is 14.2. The summed E-state index contributed by atoms with van der Waals surface area (Å²) in [5.41, 5.74) is -0.0796. The maximum Gasteiger partial charge on any atom is 0.416 e. The highest BCUT2D eigenvalue weighted by Crippen LogP contribution is 2.36. The molecule has 7 heteroatoms. The highest BCUT2D eigenvalue weighted by Gasteiger charge is 2.35. The number of imidazole rings is 1. The summed E-state index contributed by atoms with van der Waals surface area (Å²) < 4.78 is 41.0. The second-order valence-corrected chi connectivity index (χ2v) is 6.80. The second kappa shape index (κ2) is 6.80. The van der Waals surface area contributed by atoms with Crippen LogP contribution in [-0.2, 0) is 12.7 Å². The molecule has 1 aliphatic rings. The molecule has 0 saturated carbocycles. The van der Waals surface area contributed by atoms with Gasteiger partial charge in [-0.2, -0.15) is 13.2 Å². The van der Waals surface area contributed by atoms with E-state index in [1.807, 2.05) is 29.5 Å². The molecule has 0 radical (unpaired) electrons. The molecular weight excluding hydrogens is 331 g/mol. The van der Waals surface area contributed by atoms with Crippen LogP contribution in [0.1, 0.15) is 49.3 Å². The molecule has 1 aliphatic heterocycles. The number of aliphatic hydroxyl groups is 1. The largest absolute Gasteiger partial charge is 0.416 e. The molecule has 1 aromatic heterocycles. The van der Waals surface area contributed by atoms with Crippen LogP contribution in [0.15, 0.2) is 36.7 Å². The van der Waals surface area contributed by atoms with Crippen molar-refractivity contribution >= 4 is 0 Å². The van der Waals surface area contributed by atoms with Crippen molar-refractivity contribution in [3.05, 3.63) is 53.6 Å². The first-order valence-electron chi connectivity index (χ1n) is 8.36. The Balaban J connectivity index is 1.86. The normalized spacial score (nSPS) is 22.0. The molecule has 2 heterocycles. The van der Waals surface area contributed by atoms with Crippen molar-refractivity contribution in [2.75, 3.05) is 6.54 Å². The van der Waals surface area contributed by atoms with Gasteiger partial charge in [-0.05, 0) is 38.0 Å². The number of aliphatic hydroxyl groups excluding tert-OH is 1. The molecule has 1 saturated heterocycles. The molecule has 4 nitrogen and oxygen atoms in total. The molecule has 0 aliphatic carbocycles. The molecule has 2 atom stereocenters. The van der Waals surface area contributed by atoms with Gasteiger partial charge in [0.1, 0.15) is 5.82 Å². The SMILES string of the molecule is CC(C)n1ccnc1CN1C[C@H](O)C[C@H]1c1cccc(C(F)(F)F)c1. The molecule has 0 spiro atoms. The molecular formula is C18H22F3N3O. The number of rotatable bonds is 4. The fourth-order valence-electron chi connectivity index (χ4n) is 3.44. The Labute approximate surface area is 144 Å². The van der Waals surface area contributed by atoms with Crippen LogP contribution in [-0.4, -0.2) is 32.2 Å². The minimum absolute atomic E-state index is 0.247. The van der Waals surface area contributed by atoms with Crippen molar-refractivity contribution in [1.29, 1.82) is 0 Å². The molecule has 0 unspecified atom stereocenters. The van der Waals surface area contributed by atoms with Crippen molar-refractivity contribution in [3.63, 3.8) is 0 Å². The van der Waals surface area contributed by atoms with Crippen LogP contribution in [0.25, 0.3) is 0 Å². The summed E-state index contributed by atoms with van der Waals surface area (Å²) in [6.07, 6.45) is -0.885. The van der Waals surface area contributed by atoms with Crippen molar-refractivity contribution in [2.24, 2.45) is 0 Å². The van der Waals surface area contributed by atoms with Crippen LogP contribution in [0.2, 0.25) is 0 Å². The van der Waals surface area contributed by atoms with E-state index < -0.39 is 17.8 Å². The number of nitrogens with zero attached hydrogens (tertiary/aromatic N) is 3. The number of aromatic nitrogens is 2. The van der Waals surface area contributed by atoms with Crippen molar-refractivity contribution < 1.29 is 18.3 Å². The van der Waals surface area contributed by atoms with Crippen molar-refractivity contribution in [3.8, 4) is 0 Å². The lowest BCUT2D eigenvalue weighted by molar-refractivity contribution is -0.137. The van der Waals surface area contributed by atoms with Gasteiger partial charge in [-0.15, -0.1) is 0 Å². The Hall–Kier alpha value is -1.86. The standard InChI is InChI=1S/C18H22F3N3O/c1-12(2)24-7-6-22-17(24)11-23-10-15(25)9-16(23)13-4-3-5-14(8-13)18(19,20)21/h3-8,12,15-16,25H,9-11H2,1-2H3/t15-,16+/m1/s1. The summed E-state index contributed by atoms with van der Waals surface area (Å²) >= 11 is 0. The van der Waals surface area contributed by atoms with E-state index in [1.54, 1.807) is 12.3 Å². The van der Waals surface area contributed by atoms with E-state index in [0.717, 1.165) is 11.9 Å². The number of β-amino-alcohol motifs (C(OH)–C–C–N with tert-alkyl or cyclic N) is 1. The number of hydrogen-bond acceptors (Lipinski definition) is 3. The number of halogens is 3. The van der Waals surface area contributed by atoms with E-state index in [9.17, 15) is 18.3 Å². The molecule has 136 valence electrons. The van der Waals surface area contributed by atoms with Crippen LogP contribution >= 0.6 is 0 Å². The Bertz CT molecular complexity index is 726. The van der Waals surface area contributed by atoms with E-state index in [4.69, 9.17) is 0 Å². The van der Waals surface area contributed by atoms with Crippen LogP contribution in [0.3, 0.4) is 0 Å². The quantitative estimate of drug-likeness (QED) is 0.909. The van der Waals surface area contributed by atoms with Gasteiger partial charge in [0.05, 0.1) is 18.2 Å². The van der Waals surface area contributed by atoms with Crippen LogP contribution in [0, 0.1) is 0 Å². The maximum atomic E-state index is 13.0. The average molecular weight is 353 g/mol. The van der Waals surface area contributed by atoms with Crippen molar-refractivity contribution in [1.82, 2.24) is 14.5 Å². The van der Waals surface area contributed by atoms with Crippen molar-refractivity contribution in [2.45, 2.75) is 51.2 Å². The third kappa shape index (κ3) is 3.88. The highest BCUT2D eigenvalue weighted by molar-refractivity contribution is 5.29. The third-order valence-electron chi connectivity index (χ3n) is 4.63. The molecule has 1 aromatic carbocycles.